The molecule has 0 spiro atoms. The van der Waals surface area contributed by atoms with E-state index < -0.39 is 32.4 Å². The fraction of sp³-hybridized carbons (Fsp3) is 0.368. The molecule has 2 atom stereocenters. The van der Waals surface area contributed by atoms with Gasteiger partial charge in [-0.3, -0.25) is 0 Å². The van der Waals surface area contributed by atoms with Crippen LogP contribution in [0.3, 0.4) is 0 Å². The van der Waals surface area contributed by atoms with Crippen LogP contribution in [-0.2, 0) is 20.8 Å². The molecule has 0 bridgehead atoms. The highest BCUT2D eigenvalue weighted by Gasteiger charge is 2.45. The molecule has 146 valence electrons. The molecule has 1 heterocycles. The Balaban J connectivity index is 1.94. The van der Waals surface area contributed by atoms with Gasteiger partial charge in [-0.15, -0.1) is 0 Å². The van der Waals surface area contributed by atoms with Gasteiger partial charge in [0.2, 0.25) is 0 Å². The molecule has 0 aliphatic carbocycles. The first-order chi connectivity index (χ1) is 12.5. The average molecular weight is 419 g/mol. The van der Waals surface area contributed by atoms with Crippen molar-refractivity contribution in [3.8, 4) is 0 Å². The van der Waals surface area contributed by atoms with Crippen molar-refractivity contribution in [3.05, 3.63) is 64.7 Å². The standard InChI is InChI=1S/C19H18ClF3O3S/c1-18(9-10-26-17(12-18)13-5-7-15(20)8-6-13)27(24,25)16-4-2-3-14(11-16)19(21,22)23/h2-8,11,17H,9-10,12H2,1H3/t17-,18+/m0/s1. The maximum Gasteiger partial charge on any atom is 0.416 e. The van der Waals surface area contributed by atoms with Crippen LogP contribution in [0.15, 0.2) is 53.4 Å². The zero-order valence-electron chi connectivity index (χ0n) is 14.5. The van der Waals surface area contributed by atoms with E-state index >= 15 is 0 Å². The van der Waals surface area contributed by atoms with E-state index in [0.717, 1.165) is 17.7 Å². The summed E-state index contributed by atoms with van der Waals surface area (Å²) >= 11 is 5.88. The third-order valence-electron chi connectivity index (χ3n) is 4.93. The first kappa shape index (κ1) is 20.2. The molecular weight excluding hydrogens is 401 g/mol. The van der Waals surface area contributed by atoms with Crippen molar-refractivity contribution in [2.45, 2.75) is 41.7 Å². The first-order valence-corrected chi connectivity index (χ1v) is 10.2. The third kappa shape index (κ3) is 4.00. The normalized spacial score (nSPS) is 24.0. The predicted octanol–water partition coefficient (Wildman–Crippen LogP) is 5.44. The summed E-state index contributed by atoms with van der Waals surface area (Å²) in [6, 6.07) is 10.8. The van der Waals surface area contributed by atoms with E-state index in [1.54, 1.807) is 31.2 Å². The summed E-state index contributed by atoms with van der Waals surface area (Å²) in [6.45, 7) is 1.76. The fourth-order valence-electron chi connectivity index (χ4n) is 3.23. The highest BCUT2D eigenvalue weighted by Crippen LogP contribution is 2.42. The van der Waals surface area contributed by atoms with Crippen molar-refractivity contribution in [1.29, 1.82) is 0 Å². The van der Waals surface area contributed by atoms with Crippen LogP contribution in [0.2, 0.25) is 5.02 Å². The Morgan fingerprint density at radius 3 is 2.44 bits per heavy atom. The summed E-state index contributed by atoms with van der Waals surface area (Å²) < 4.78 is 69.8. The maximum absolute atomic E-state index is 13.2. The van der Waals surface area contributed by atoms with Crippen LogP contribution in [0.5, 0.6) is 0 Å². The molecule has 0 radical (unpaired) electrons. The highest BCUT2D eigenvalue weighted by atomic mass is 35.5. The summed E-state index contributed by atoms with van der Waals surface area (Å²) in [5, 5.41) is 0.550. The van der Waals surface area contributed by atoms with Crippen molar-refractivity contribution in [1.82, 2.24) is 0 Å². The van der Waals surface area contributed by atoms with Crippen LogP contribution in [0, 0.1) is 0 Å². The van der Waals surface area contributed by atoms with Gasteiger partial charge in [0.25, 0.3) is 0 Å². The number of alkyl halides is 3. The van der Waals surface area contributed by atoms with Gasteiger partial charge in [-0.05, 0) is 55.7 Å². The second kappa shape index (κ2) is 7.11. The van der Waals surface area contributed by atoms with E-state index in [4.69, 9.17) is 16.3 Å². The van der Waals surface area contributed by atoms with Crippen LogP contribution in [0.4, 0.5) is 13.2 Å². The monoisotopic (exact) mass is 418 g/mol. The Bertz CT molecular complexity index is 926. The minimum atomic E-state index is -4.60. The van der Waals surface area contributed by atoms with E-state index in [1.807, 2.05) is 0 Å². The summed E-state index contributed by atoms with van der Waals surface area (Å²) in [4.78, 5) is -0.323. The molecular formula is C19H18ClF3O3S. The van der Waals surface area contributed by atoms with E-state index in [2.05, 4.69) is 0 Å². The first-order valence-electron chi connectivity index (χ1n) is 8.32. The number of rotatable bonds is 3. The lowest BCUT2D eigenvalue weighted by Crippen LogP contribution is -2.42. The molecule has 27 heavy (non-hydrogen) atoms. The number of hydrogen-bond acceptors (Lipinski definition) is 3. The molecule has 1 fully saturated rings. The van der Waals surface area contributed by atoms with Crippen LogP contribution in [0.25, 0.3) is 0 Å². The lowest BCUT2D eigenvalue weighted by molar-refractivity contribution is -0.137. The van der Waals surface area contributed by atoms with Gasteiger partial charge in [0.15, 0.2) is 9.84 Å². The molecule has 0 aromatic heterocycles. The Morgan fingerprint density at radius 1 is 1.15 bits per heavy atom. The molecule has 0 amide bonds. The SMILES string of the molecule is C[C@@]1(S(=O)(=O)c2cccc(C(F)(F)F)c2)CCO[C@H](c2ccc(Cl)cc2)C1. The van der Waals surface area contributed by atoms with Gasteiger partial charge in [0.05, 0.1) is 21.3 Å². The smallest absolute Gasteiger partial charge is 0.373 e. The van der Waals surface area contributed by atoms with E-state index in [1.165, 1.54) is 6.07 Å². The van der Waals surface area contributed by atoms with Crippen molar-refractivity contribution >= 4 is 21.4 Å². The van der Waals surface area contributed by atoms with Gasteiger partial charge < -0.3 is 4.74 Å². The zero-order chi connectivity index (χ0) is 19.9. The van der Waals surface area contributed by atoms with Gasteiger partial charge in [-0.1, -0.05) is 29.8 Å². The van der Waals surface area contributed by atoms with Gasteiger partial charge in [-0.2, -0.15) is 13.2 Å². The second-order valence-electron chi connectivity index (χ2n) is 6.84. The minimum Gasteiger partial charge on any atom is -0.373 e. The largest absolute Gasteiger partial charge is 0.416 e. The quantitative estimate of drug-likeness (QED) is 0.666. The topological polar surface area (TPSA) is 43.4 Å². The number of halogens is 4. The van der Waals surface area contributed by atoms with E-state index in [9.17, 15) is 21.6 Å². The van der Waals surface area contributed by atoms with Crippen LogP contribution in [0.1, 0.15) is 37.0 Å². The third-order valence-corrected chi connectivity index (χ3v) is 7.72. The van der Waals surface area contributed by atoms with Gasteiger partial charge in [0.1, 0.15) is 0 Å². The van der Waals surface area contributed by atoms with Crippen molar-refractivity contribution in [2.75, 3.05) is 6.61 Å². The molecule has 0 unspecified atom stereocenters. The zero-order valence-corrected chi connectivity index (χ0v) is 16.0. The molecule has 3 rings (SSSR count). The summed E-state index contributed by atoms with van der Waals surface area (Å²) in [7, 11) is -4.00. The summed E-state index contributed by atoms with van der Waals surface area (Å²) in [6.07, 6.45) is -4.72. The summed E-state index contributed by atoms with van der Waals surface area (Å²) in [5.41, 5.74) is -0.196. The molecule has 0 saturated carbocycles. The van der Waals surface area contributed by atoms with Gasteiger partial charge in [0, 0.05) is 11.6 Å². The molecule has 1 aliphatic heterocycles. The number of ether oxygens (including phenoxy) is 1. The molecule has 3 nitrogen and oxygen atoms in total. The van der Waals surface area contributed by atoms with E-state index in [-0.39, 0.29) is 24.3 Å². The number of benzene rings is 2. The molecule has 1 aliphatic rings. The van der Waals surface area contributed by atoms with Gasteiger partial charge >= 0.3 is 6.18 Å². The lowest BCUT2D eigenvalue weighted by atomic mass is 9.92. The van der Waals surface area contributed by atoms with Crippen LogP contribution in [-0.4, -0.2) is 19.8 Å². The molecule has 2 aromatic rings. The minimum absolute atomic E-state index is 0.146. The molecule has 2 aromatic carbocycles. The highest BCUT2D eigenvalue weighted by molar-refractivity contribution is 7.92. The number of hydrogen-bond donors (Lipinski definition) is 0. The Labute approximate surface area is 161 Å². The van der Waals surface area contributed by atoms with Crippen LogP contribution >= 0.6 is 11.6 Å². The summed E-state index contributed by atoms with van der Waals surface area (Å²) in [5.74, 6) is 0. The van der Waals surface area contributed by atoms with Crippen molar-refractivity contribution in [2.24, 2.45) is 0 Å². The lowest BCUT2D eigenvalue weighted by Gasteiger charge is -2.38. The fourth-order valence-corrected chi connectivity index (χ4v) is 5.19. The van der Waals surface area contributed by atoms with Crippen molar-refractivity contribution in [3.63, 3.8) is 0 Å². The maximum atomic E-state index is 13.2. The molecule has 0 N–H and O–H groups in total. The van der Waals surface area contributed by atoms with E-state index in [0.29, 0.717) is 11.1 Å². The van der Waals surface area contributed by atoms with Crippen molar-refractivity contribution < 1.29 is 26.3 Å². The van der Waals surface area contributed by atoms with Crippen LogP contribution < -0.4 is 0 Å². The Morgan fingerprint density at radius 2 is 1.81 bits per heavy atom. The molecule has 8 heteroatoms. The average Bonchev–Trinajstić information content (AvgIpc) is 2.61. The number of sulfone groups is 1. The predicted molar refractivity (Wildman–Crippen MR) is 96.4 cm³/mol. The van der Waals surface area contributed by atoms with Gasteiger partial charge in [-0.25, -0.2) is 8.42 Å². The second-order valence-corrected chi connectivity index (χ2v) is 9.74. The Kier molecular flexibility index (Phi) is 5.31. The molecule has 1 saturated heterocycles. The Hall–Kier alpha value is -1.57.